The number of methoxy groups -OCH3 is 2. The van der Waals surface area contributed by atoms with Gasteiger partial charge in [-0.1, -0.05) is 48.5 Å². The zero-order chi connectivity index (χ0) is 47.5. The Morgan fingerprint density at radius 1 is 0.612 bits per heavy atom. The van der Waals surface area contributed by atoms with Gasteiger partial charge in [0, 0.05) is 18.6 Å². The van der Waals surface area contributed by atoms with Gasteiger partial charge < -0.3 is 49.3 Å². The minimum absolute atomic E-state index is 0.0198. The van der Waals surface area contributed by atoms with Crippen molar-refractivity contribution in [3.8, 4) is 33.6 Å². The van der Waals surface area contributed by atoms with Crippen LogP contribution >= 0.6 is 0 Å². The smallest absolute Gasteiger partial charge is 0.407 e. The summed E-state index contributed by atoms with van der Waals surface area (Å²) < 4.78 is 21.8. The maximum Gasteiger partial charge on any atom is 0.407 e. The molecule has 4 N–H and O–H groups in total. The lowest BCUT2D eigenvalue weighted by atomic mass is 9.80. The van der Waals surface area contributed by atoms with Crippen molar-refractivity contribution in [2.45, 2.75) is 148 Å². The van der Waals surface area contributed by atoms with Crippen molar-refractivity contribution in [3.05, 3.63) is 72.6 Å². The molecule has 4 amide bonds. The van der Waals surface area contributed by atoms with Crippen LogP contribution in [0.25, 0.3) is 33.6 Å². The van der Waals surface area contributed by atoms with Gasteiger partial charge >= 0.3 is 12.2 Å². The molecule has 2 unspecified atom stereocenters. The van der Waals surface area contributed by atoms with E-state index in [2.05, 4.69) is 83.0 Å². The largest absolute Gasteiger partial charge is 0.453 e. The Hall–Kier alpha value is -5.74. The lowest BCUT2D eigenvalue weighted by Crippen LogP contribution is -2.55. The molecule has 0 bridgehead atoms. The molecule has 67 heavy (non-hydrogen) atoms. The average Bonchev–Trinajstić information content (AvgIpc) is 4.14. The molecule has 6 heterocycles. The fourth-order valence-electron chi connectivity index (χ4n) is 11.4. The van der Waals surface area contributed by atoms with E-state index in [-0.39, 0.29) is 78.8 Å². The maximum atomic E-state index is 14.5. The standard InChI is InChI=1S/C51H68N8O8/c1-28-9-19-43(58(28)48(60)40(25-54-50(62)64-7)38-21-30(3)66-31(4)22-38)46-52-26-41(55-46)36-15-11-34(12-16-36)35-13-17-37(18-14-35)42-27-53-47(56-42)44-20-10-29(2)59(44)49(61)45(57-51(63)65-8)39-23-32(5)67-33(6)24-39/h11-18,26-33,38-40,43-45H,9-10,19-25H2,1-8H3,(H,52,55)(H,53,56)(H,54,62)(H,57,63)/t28-,29-,30-,31+,32-,33+,38?,39?,40-,43-,44-,45-/m0/s1. The van der Waals surface area contributed by atoms with E-state index in [0.29, 0.717) is 12.8 Å². The van der Waals surface area contributed by atoms with Crippen molar-refractivity contribution in [3.63, 3.8) is 0 Å². The van der Waals surface area contributed by atoms with Crippen molar-refractivity contribution >= 4 is 24.0 Å². The molecule has 12 atom stereocenters. The number of nitrogens with one attached hydrogen (secondary N) is 4. The molecule has 16 nitrogen and oxygen atoms in total. The van der Waals surface area contributed by atoms with Crippen LogP contribution in [-0.2, 0) is 28.5 Å². The van der Waals surface area contributed by atoms with E-state index in [4.69, 9.17) is 28.9 Å². The molecule has 2 aromatic heterocycles. The van der Waals surface area contributed by atoms with Crippen LogP contribution in [-0.4, -0.2) is 117 Å². The molecule has 0 saturated carbocycles. The Bertz CT molecular complexity index is 2330. The second-order valence-corrected chi connectivity index (χ2v) is 19.5. The van der Waals surface area contributed by atoms with E-state index in [0.717, 1.165) is 83.8 Å². The second-order valence-electron chi connectivity index (χ2n) is 19.5. The second kappa shape index (κ2) is 20.6. The normalized spacial score (nSPS) is 28.4. The minimum Gasteiger partial charge on any atom is -0.453 e. The molecule has 4 aliphatic heterocycles. The van der Waals surface area contributed by atoms with E-state index in [1.54, 1.807) is 0 Å². The summed E-state index contributed by atoms with van der Waals surface area (Å²) in [6.07, 6.45) is 8.53. The van der Waals surface area contributed by atoms with E-state index < -0.39 is 24.1 Å². The average molecular weight is 921 g/mol. The SMILES string of the molecule is COC(=O)NC[C@H](C(=O)N1[C@@H](C)CC[C@H]1c1ncc(-c2ccc(-c3ccc(-c4cnc([C@@H]5CC[C@H](C)N5C(=O)[C@@H](NC(=O)OC)C5C[C@@H](C)O[C@@H](C)C5)[nH]4)cc3)cc2)[nH]1)C1C[C@@H](C)O[C@@H](C)C1. The van der Waals surface area contributed by atoms with Gasteiger partial charge in [0.1, 0.15) is 17.7 Å². The number of hydrogen-bond donors (Lipinski definition) is 4. The molecular weight excluding hydrogens is 853 g/mol. The molecule has 4 fully saturated rings. The van der Waals surface area contributed by atoms with Crippen LogP contribution < -0.4 is 10.6 Å². The highest BCUT2D eigenvalue weighted by atomic mass is 16.5. The van der Waals surface area contributed by atoms with Crippen LogP contribution in [0.5, 0.6) is 0 Å². The predicted molar refractivity (Wildman–Crippen MR) is 252 cm³/mol. The number of H-pyrrole nitrogens is 2. The predicted octanol–water partition coefficient (Wildman–Crippen LogP) is 8.34. The van der Waals surface area contributed by atoms with Gasteiger partial charge in [0.25, 0.3) is 0 Å². The summed E-state index contributed by atoms with van der Waals surface area (Å²) in [5, 5.41) is 5.69. The molecule has 0 radical (unpaired) electrons. The van der Waals surface area contributed by atoms with Gasteiger partial charge in [0.05, 0.1) is 80.4 Å². The van der Waals surface area contributed by atoms with Gasteiger partial charge in [-0.2, -0.15) is 0 Å². The molecule has 4 aliphatic rings. The number of likely N-dealkylation sites (tertiary alicyclic amines) is 2. The number of nitrogens with zero attached hydrogens (tertiary/aromatic N) is 4. The minimum atomic E-state index is -0.736. The first-order valence-corrected chi connectivity index (χ1v) is 24.1. The molecule has 0 spiro atoms. The first-order valence-electron chi connectivity index (χ1n) is 24.1. The Morgan fingerprint density at radius 2 is 1.03 bits per heavy atom. The Morgan fingerprint density at radius 3 is 1.48 bits per heavy atom. The molecule has 4 saturated heterocycles. The van der Waals surface area contributed by atoms with E-state index in [9.17, 15) is 19.2 Å². The zero-order valence-electron chi connectivity index (χ0n) is 40.1. The third kappa shape index (κ3) is 10.5. The van der Waals surface area contributed by atoms with Gasteiger partial charge in [-0.15, -0.1) is 0 Å². The quantitative estimate of drug-likeness (QED) is 0.107. The third-order valence-electron chi connectivity index (χ3n) is 14.6. The summed E-state index contributed by atoms with van der Waals surface area (Å²) >= 11 is 0. The van der Waals surface area contributed by atoms with Gasteiger partial charge in [-0.05, 0) is 127 Å². The van der Waals surface area contributed by atoms with Crippen LogP contribution in [0.3, 0.4) is 0 Å². The van der Waals surface area contributed by atoms with Crippen LogP contribution in [0, 0.1) is 17.8 Å². The van der Waals surface area contributed by atoms with E-state index in [1.807, 2.05) is 49.9 Å². The third-order valence-corrected chi connectivity index (χ3v) is 14.6. The lowest BCUT2D eigenvalue weighted by molar-refractivity contribution is -0.144. The summed E-state index contributed by atoms with van der Waals surface area (Å²) in [6, 6.07) is 15.5. The number of imidazole rings is 2. The van der Waals surface area contributed by atoms with Crippen LogP contribution in [0.2, 0.25) is 0 Å². The zero-order valence-corrected chi connectivity index (χ0v) is 40.1. The van der Waals surface area contributed by atoms with Crippen LogP contribution in [0.4, 0.5) is 9.59 Å². The van der Waals surface area contributed by atoms with E-state index in [1.165, 1.54) is 14.2 Å². The molecular formula is C51H68N8O8. The fourth-order valence-corrected chi connectivity index (χ4v) is 11.4. The summed E-state index contributed by atoms with van der Waals surface area (Å²) in [7, 11) is 2.65. The molecule has 360 valence electrons. The number of rotatable bonds is 12. The monoisotopic (exact) mass is 921 g/mol. The van der Waals surface area contributed by atoms with Gasteiger partial charge in [0.15, 0.2) is 0 Å². The molecule has 0 aliphatic carbocycles. The number of amides is 4. The molecule has 4 aromatic rings. The molecule has 2 aromatic carbocycles. The number of carbonyl (C=O) groups excluding carboxylic acids is 4. The lowest BCUT2D eigenvalue weighted by Gasteiger charge is -2.39. The Kier molecular flexibility index (Phi) is 14.7. The summed E-state index contributed by atoms with van der Waals surface area (Å²) in [6.45, 7) is 12.4. The topological polar surface area (TPSA) is 193 Å². The number of aromatic amines is 2. The first-order chi connectivity index (χ1) is 32.2. The molecule has 16 heteroatoms. The highest BCUT2D eigenvalue weighted by molar-refractivity contribution is 5.87. The Labute approximate surface area is 393 Å². The number of alkyl carbamates (subject to hydrolysis) is 2. The fraction of sp³-hybridized carbons (Fsp3) is 0.569. The van der Waals surface area contributed by atoms with Gasteiger partial charge in [-0.3, -0.25) is 9.59 Å². The summed E-state index contributed by atoms with van der Waals surface area (Å²) in [5.74, 6) is 0.928. The highest BCUT2D eigenvalue weighted by Gasteiger charge is 2.46. The van der Waals surface area contributed by atoms with Crippen molar-refractivity contribution < 1.29 is 38.1 Å². The van der Waals surface area contributed by atoms with Crippen molar-refractivity contribution in [2.75, 3.05) is 20.8 Å². The molecule has 8 rings (SSSR count). The number of benzene rings is 2. The van der Waals surface area contributed by atoms with Crippen LogP contribution in [0.15, 0.2) is 60.9 Å². The van der Waals surface area contributed by atoms with Crippen LogP contribution in [0.1, 0.15) is 117 Å². The number of hydrogen-bond acceptors (Lipinski definition) is 10. The summed E-state index contributed by atoms with van der Waals surface area (Å²) in [4.78, 5) is 74.2. The number of carbonyl (C=O) groups is 4. The van der Waals surface area contributed by atoms with Gasteiger partial charge in [-0.25, -0.2) is 19.6 Å². The van der Waals surface area contributed by atoms with Crippen molar-refractivity contribution in [2.24, 2.45) is 17.8 Å². The van der Waals surface area contributed by atoms with Crippen molar-refractivity contribution in [1.29, 1.82) is 0 Å². The highest BCUT2D eigenvalue weighted by Crippen LogP contribution is 2.41. The van der Waals surface area contributed by atoms with Gasteiger partial charge in [0.2, 0.25) is 11.8 Å². The van der Waals surface area contributed by atoms with E-state index >= 15 is 0 Å². The first kappa shape index (κ1) is 47.7. The summed E-state index contributed by atoms with van der Waals surface area (Å²) in [5.41, 5.74) is 5.79. The number of ether oxygens (including phenoxy) is 4. The Balaban J connectivity index is 0.934. The van der Waals surface area contributed by atoms with Crippen molar-refractivity contribution in [1.82, 2.24) is 40.4 Å². The maximum absolute atomic E-state index is 14.5. The number of aromatic nitrogens is 4.